The summed E-state index contributed by atoms with van der Waals surface area (Å²) in [5, 5.41) is 6.18. The zero-order chi connectivity index (χ0) is 11.6. The van der Waals surface area contributed by atoms with Crippen LogP contribution in [0.25, 0.3) is 0 Å². The van der Waals surface area contributed by atoms with Crippen LogP contribution in [0.15, 0.2) is 11.6 Å². The van der Waals surface area contributed by atoms with Crippen LogP contribution < -0.4 is 10.6 Å². The Bertz CT molecular complexity index is 239. The minimum absolute atomic E-state index is 0.124. The number of amides is 1. The zero-order valence-corrected chi connectivity index (χ0v) is 10.1. The van der Waals surface area contributed by atoms with Gasteiger partial charge in [0.1, 0.15) is 0 Å². The Hall–Kier alpha value is -0.870. The van der Waals surface area contributed by atoms with Crippen molar-refractivity contribution in [1.29, 1.82) is 0 Å². The Morgan fingerprint density at radius 1 is 1.62 bits per heavy atom. The summed E-state index contributed by atoms with van der Waals surface area (Å²) in [4.78, 5) is 11.4. The first-order valence-electron chi connectivity index (χ1n) is 6.06. The van der Waals surface area contributed by atoms with Gasteiger partial charge in [0.25, 0.3) is 0 Å². The van der Waals surface area contributed by atoms with Gasteiger partial charge in [-0.1, -0.05) is 11.6 Å². The summed E-state index contributed by atoms with van der Waals surface area (Å²) in [5.74, 6) is 0.124. The van der Waals surface area contributed by atoms with E-state index in [-0.39, 0.29) is 5.91 Å². The van der Waals surface area contributed by atoms with Crippen LogP contribution in [0.5, 0.6) is 0 Å². The van der Waals surface area contributed by atoms with Gasteiger partial charge in [0.05, 0.1) is 0 Å². The molecule has 4 nitrogen and oxygen atoms in total. The highest BCUT2D eigenvalue weighted by Gasteiger charge is 2.05. The van der Waals surface area contributed by atoms with Gasteiger partial charge in [0.2, 0.25) is 5.91 Å². The van der Waals surface area contributed by atoms with Gasteiger partial charge in [-0.25, -0.2) is 0 Å². The maximum Gasteiger partial charge on any atom is 0.220 e. The molecule has 1 heterocycles. The predicted octanol–water partition coefficient (Wildman–Crippen LogP) is 0.839. The molecular formula is C12H22N2O2. The lowest BCUT2D eigenvalue weighted by atomic mass is 10.1. The number of nitrogens with one attached hydrogen (secondary N) is 2. The molecule has 0 radical (unpaired) electrons. The van der Waals surface area contributed by atoms with Crippen molar-refractivity contribution in [3.63, 3.8) is 0 Å². The topological polar surface area (TPSA) is 50.4 Å². The standard InChI is InChI=1S/C12H22N2O2/c1-2-16-9-3-4-12(15)14-10-11-5-7-13-8-6-11/h5,13H,2-4,6-10H2,1H3,(H,14,15). The van der Waals surface area contributed by atoms with E-state index >= 15 is 0 Å². The predicted molar refractivity (Wildman–Crippen MR) is 64.3 cm³/mol. The molecule has 0 unspecified atom stereocenters. The van der Waals surface area contributed by atoms with Crippen LogP contribution in [0, 0.1) is 0 Å². The van der Waals surface area contributed by atoms with Crippen molar-refractivity contribution in [2.24, 2.45) is 0 Å². The zero-order valence-electron chi connectivity index (χ0n) is 10.1. The monoisotopic (exact) mass is 226 g/mol. The van der Waals surface area contributed by atoms with E-state index in [0.717, 1.165) is 32.5 Å². The molecule has 0 fully saturated rings. The summed E-state index contributed by atoms with van der Waals surface area (Å²) >= 11 is 0. The van der Waals surface area contributed by atoms with Crippen LogP contribution in [0.1, 0.15) is 26.2 Å². The van der Waals surface area contributed by atoms with Gasteiger partial charge in [-0.3, -0.25) is 4.79 Å². The maximum absolute atomic E-state index is 11.4. The molecule has 0 saturated heterocycles. The molecule has 0 atom stereocenters. The van der Waals surface area contributed by atoms with Crippen LogP contribution in [-0.4, -0.2) is 38.8 Å². The van der Waals surface area contributed by atoms with Crippen LogP contribution in [0.3, 0.4) is 0 Å². The molecule has 2 N–H and O–H groups in total. The van der Waals surface area contributed by atoms with Crippen molar-refractivity contribution in [3.8, 4) is 0 Å². The molecule has 0 aromatic rings. The number of hydrogen-bond acceptors (Lipinski definition) is 3. The molecule has 1 aliphatic rings. The minimum atomic E-state index is 0.124. The number of carbonyl (C=O) groups excluding carboxylic acids is 1. The van der Waals surface area contributed by atoms with E-state index in [1.165, 1.54) is 5.57 Å². The third kappa shape index (κ3) is 5.88. The fourth-order valence-corrected chi connectivity index (χ4v) is 1.61. The van der Waals surface area contributed by atoms with E-state index in [1.54, 1.807) is 0 Å². The molecule has 0 bridgehead atoms. The first-order chi connectivity index (χ1) is 7.83. The Morgan fingerprint density at radius 2 is 2.50 bits per heavy atom. The highest BCUT2D eigenvalue weighted by Crippen LogP contribution is 2.02. The van der Waals surface area contributed by atoms with Crippen LogP contribution >= 0.6 is 0 Å². The molecule has 0 aromatic carbocycles. The summed E-state index contributed by atoms with van der Waals surface area (Å²) < 4.78 is 5.18. The van der Waals surface area contributed by atoms with Gasteiger partial charge >= 0.3 is 0 Å². The maximum atomic E-state index is 11.4. The van der Waals surface area contributed by atoms with E-state index in [2.05, 4.69) is 16.7 Å². The summed E-state index contributed by atoms with van der Waals surface area (Å²) in [6.45, 7) is 6.01. The largest absolute Gasteiger partial charge is 0.382 e. The smallest absolute Gasteiger partial charge is 0.220 e. The van der Waals surface area contributed by atoms with Crippen LogP contribution in [0.2, 0.25) is 0 Å². The van der Waals surface area contributed by atoms with Crippen LogP contribution in [-0.2, 0) is 9.53 Å². The van der Waals surface area contributed by atoms with E-state index in [9.17, 15) is 4.79 Å². The highest BCUT2D eigenvalue weighted by atomic mass is 16.5. The van der Waals surface area contributed by atoms with Crippen LogP contribution in [0.4, 0.5) is 0 Å². The third-order valence-corrected chi connectivity index (χ3v) is 2.57. The number of carbonyl (C=O) groups is 1. The van der Waals surface area contributed by atoms with Gasteiger partial charge in [0, 0.05) is 32.7 Å². The molecule has 16 heavy (non-hydrogen) atoms. The van der Waals surface area contributed by atoms with Crippen molar-refractivity contribution in [3.05, 3.63) is 11.6 Å². The van der Waals surface area contributed by atoms with E-state index in [1.807, 2.05) is 6.92 Å². The second-order valence-electron chi connectivity index (χ2n) is 3.89. The quantitative estimate of drug-likeness (QED) is 0.499. The van der Waals surface area contributed by atoms with Crippen molar-refractivity contribution in [2.45, 2.75) is 26.2 Å². The fraction of sp³-hybridized carbons (Fsp3) is 0.750. The van der Waals surface area contributed by atoms with Crippen molar-refractivity contribution < 1.29 is 9.53 Å². The van der Waals surface area contributed by atoms with Gasteiger partial charge in [-0.2, -0.15) is 0 Å². The molecule has 0 aliphatic carbocycles. The molecule has 1 aliphatic heterocycles. The van der Waals surface area contributed by atoms with E-state index < -0.39 is 0 Å². The highest BCUT2D eigenvalue weighted by molar-refractivity contribution is 5.76. The lowest BCUT2D eigenvalue weighted by Crippen LogP contribution is -2.29. The average molecular weight is 226 g/mol. The Kier molecular flexibility index (Phi) is 6.85. The average Bonchev–Trinajstić information content (AvgIpc) is 2.33. The number of hydrogen-bond donors (Lipinski definition) is 2. The summed E-state index contributed by atoms with van der Waals surface area (Å²) in [5.41, 5.74) is 1.33. The molecule has 0 saturated carbocycles. The molecule has 92 valence electrons. The van der Waals surface area contributed by atoms with Gasteiger partial charge in [-0.05, 0) is 26.3 Å². The van der Waals surface area contributed by atoms with Crippen molar-refractivity contribution >= 4 is 5.91 Å². The SMILES string of the molecule is CCOCCCC(=O)NCC1=CCNCC1. The minimum Gasteiger partial charge on any atom is -0.382 e. The fourth-order valence-electron chi connectivity index (χ4n) is 1.61. The van der Waals surface area contributed by atoms with Crippen molar-refractivity contribution in [2.75, 3.05) is 32.8 Å². The van der Waals surface area contributed by atoms with Gasteiger partial charge in [0.15, 0.2) is 0 Å². The lowest BCUT2D eigenvalue weighted by Gasteiger charge is -2.14. The molecular weight excluding hydrogens is 204 g/mol. The Labute approximate surface area is 97.4 Å². The molecule has 0 spiro atoms. The second kappa shape index (κ2) is 8.30. The molecule has 1 rings (SSSR count). The van der Waals surface area contributed by atoms with E-state index in [0.29, 0.717) is 19.6 Å². The second-order valence-corrected chi connectivity index (χ2v) is 3.89. The van der Waals surface area contributed by atoms with Gasteiger partial charge in [-0.15, -0.1) is 0 Å². The Morgan fingerprint density at radius 3 is 3.19 bits per heavy atom. The number of rotatable bonds is 7. The normalized spacial score (nSPS) is 15.7. The summed E-state index contributed by atoms with van der Waals surface area (Å²) in [6.07, 6.45) is 4.56. The molecule has 1 amide bonds. The third-order valence-electron chi connectivity index (χ3n) is 2.57. The number of ether oxygens (including phenoxy) is 1. The summed E-state index contributed by atoms with van der Waals surface area (Å²) in [7, 11) is 0. The van der Waals surface area contributed by atoms with Gasteiger partial charge < -0.3 is 15.4 Å². The first kappa shape index (κ1) is 13.2. The molecule has 4 heteroatoms. The van der Waals surface area contributed by atoms with Crippen molar-refractivity contribution in [1.82, 2.24) is 10.6 Å². The molecule has 0 aromatic heterocycles. The Balaban J connectivity index is 2.03. The first-order valence-corrected chi connectivity index (χ1v) is 6.06. The van der Waals surface area contributed by atoms with E-state index in [4.69, 9.17) is 4.74 Å². The summed E-state index contributed by atoms with van der Waals surface area (Å²) in [6, 6.07) is 0. The lowest BCUT2D eigenvalue weighted by molar-refractivity contribution is -0.121.